The maximum absolute atomic E-state index is 9.79. The third-order valence-corrected chi connectivity index (χ3v) is 2.38. The summed E-state index contributed by atoms with van der Waals surface area (Å²) in [4.78, 5) is 0. The van der Waals surface area contributed by atoms with Gasteiger partial charge in [-0.15, -0.1) is 0 Å². The van der Waals surface area contributed by atoms with Crippen molar-refractivity contribution in [3.8, 4) is 0 Å². The first-order chi connectivity index (χ1) is 7.24. The largest absolute Gasteiger partial charge is 0.386 e. The normalized spacial score (nSPS) is 12.7. The molecule has 0 radical (unpaired) electrons. The van der Waals surface area contributed by atoms with Gasteiger partial charge in [0.15, 0.2) is 0 Å². The highest BCUT2D eigenvalue weighted by Gasteiger charge is 2.06. The first-order valence-electron chi connectivity index (χ1n) is 5.56. The molecule has 0 saturated carbocycles. The SMILES string of the molecule is CCCCOCC(O)c1ccc(C)cc1. The van der Waals surface area contributed by atoms with Gasteiger partial charge in [0.25, 0.3) is 0 Å². The van der Waals surface area contributed by atoms with Crippen LogP contribution in [-0.2, 0) is 4.74 Å². The number of aryl methyl sites for hydroxylation is 1. The van der Waals surface area contributed by atoms with Crippen LogP contribution in [0.4, 0.5) is 0 Å². The van der Waals surface area contributed by atoms with E-state index in [-0.39, 0.29) is 0 Å². The summed E-state index contributed by atoms with van der Waals surface area (Å²) in [7, 11) is 0. The Hall–Kier alpha value is -0.860. The van der Waals surface area contributed by atoms with Crippen molar-refractivity contribution in [1.82, 2.24) is 0 Å². The Labute approximate surface area is 91.9 Å². The number of unbranched alkanes of at least 4 members (excludes halogenated alkanes) is 1. The highest BCUT2D eigenvalue weighted by molar-refractivity contribution is 5.22. The number of hydrogen-bond donors (Lipinski definition) is 1. The summed E-state index contributed by atoms with van der Waals surface area (Å²) in [5.74, 6) is 0. The lowest BCUT2D eigenvalue weighted by Gasteiger charge is -2.11. The monoisotopic (exact) mass is 208 g/mol. The first-order valence-corrected chi connectivity index (χ1v) is 5.56. The summed E-state index contributed by atoms with van der Waals surface area (Å²) in [5, 5.41) is 9.79. The number of aliphatic hydroxyl groups excluding tert-OH is 1. The van der Waals surface area contributed by atoms with Gasteiger partial charge in [-0.1, -0.05) is 43.2 Å². The Morgan fingerprint density at radius 2 is 1.93 bits per heavy atom. The van der Waals surface area contributed by atoms with Gasteiger partial charge in [0, 0.05) is 6.61 Å². The zero-order chi connectivity index (χ0) is 11.1. The molecule has 0 aliphatic heterocycles. The second-order valence-corrected chi connectivity index (χ2v) is 3.85. The molecular weight excluding hydrogens is 188 g/mol. The van der Waals surface area contributed by atoms with Gasteiger partial charge in [-0.25, -0.2) is 0 Å². The van der Waals surface area contributed by atoms with E-state index < -0.39 is 6.10 Å². The van der Waals surface area contributed by atoms with Crippen LogP contribution in [0.1, 0.15) is 37.0 Å². The second kappa shape index (κ2) is 6.59. The highest BCUT2D eigenvalue weighted by atomic mass is 16.5. The molecule has 1 atom stereocenters. The molecule has 1 unspecified atom stereocenters. The molecule has 0 heterocycles. The summed E-state index contributed by atoms with van der Waals surface area (Å²) < 4.78 is 5.37. The van der Waals surface area contributed by atoms with Crippen molar-refractivity contribution in [2.24, 2.45) is 0 Å². The number of benzene rings is 1. The topological polar surface area (TPSA) is 29.5 Å². The maximum Gasteiger partial charge on any atom is 0.102 e. The third kappa shape index (κ3) is 4.45. The smallest absolute Gasteiger partial charge is 0.102 e. The molecular formula is C13H20O2. The lowest BCUT2D eigenvalue weighted by molar-refractivity contribution is 0.0349. The minimum absolute atomic E-state index is 0.392. The summed E-state index contributed by atoms with van der Waals surface area (Å²) in [6.07, 6.45) is 1.68. The molecule has 0 amide bonds. The molecule has 1 rings (SSSR count). The van der Waals surface area contributed by atoms with Crippen molar-refractivity contribution >= 4 is 0 Å². The average Bonchev–Trinajstić information content (AvgIpc) is 2.25. The standard InChI is InChI=1S/C13H20O2/c1-3-4-9-15-10-13(14)12-7-5-11(2)6-8-12/h5-8,13-14H,3-4,9-10H2,1-2H3. The van der Waals surface area contributed by atoms with E-state index in [1.807, 2.05) is 31.2 Å². The van der Waals surface area contributed by atoms with E-state index in [2.05, 4.69) is 6.92 Å². The van der Waals surface area contributed by atoms with Crippen molar-refractivity contribution in [2.75, 3.05) is 13.2 Å². The summed E-state index contributed by atoms with van der Waals surface area (Å²) in [6, 6.07) is 7.90. The second-order valence-electron chi connectivity index (χ2n) is 3.85. The van der Waals surface area contributed by atoms with Crippen LogP contribution >= 0.6 is 0 Å². The lowest BCUT2D eigenvalue weighted by Crippen LogP contribution is -2.07. The van der Waals surface area contributed by atoms with Crippen LogP contribution in [0, 0.1) is 6.92 Å². The molecule has 0 fully saturated rings. The van der Waals surface area contributed by atoms with E-state index in [1.54, 1.807) is 0 Å². The first kappa shape index (κ1) is 12.2. The lowest BCUT2D eigenvalue weighted by atomic mass is 10.1. The van der Waals surface area contributed by atoms with E-state index in [9.17, 15) is 5.11 Å². The van der Waals surface area contributed by atoms with E-state index >= 15 is 0 Å². The highest BCUT2D eigenvalue weighted by Crippen LogP contribution is 2.13. The van der Waals surface area contributed by atoms with Crippen LogP contribution < -0.4 is 0 Å². The Morgan fingerprint density at radius 3 is 2.53 bits per heavy atom. The van der Waals surface area contributed by atoms with Gasteiger partial charge in [0.05, 0.1) is 6.61 Å². The summed E-state index contributed by atoms with van der Waals surface area (Å²) >= 11 is 0. The Bertz CT molecular complexity index is 266. The molecule has 0 aliphatic rings. The summed E-state index contributed by atoms with van der Waals surface area (Å²) in [5.41, 5.74) is 2.13. The van der Waals surface area contributed by atoms with Crippen molar-refractivity contribution in [1.29, 1.82) is 0 Å². The van der Waals surface area contributed by atoms with E-state index in [4.69, 9.17) is 4.74 Å². The Balaban J connectivity index is 2.33. The van der Waals surface area contributed by atoms with E-state index in [0.29, 0.717) is 6.61 Å². The van der Waals surface area contributed by atoms with Gasteiger partial charge in [-0.2, -0.15) is 0 Å². The molecule has 2 nitrogen and oxygen atoms in total. The molecule has 0 aliphatic carbocycles. The zero-order valence-corrected chi connectivity index (χ0v) is 9.57. The molecule has 0 spiro atoms. The summed E-state index contributed by atoms with van der Waals surface area (Å²) in [6.45, 7) is 5.29. The fourth-order valence-electron chi connectivity index (χ4n) is 1.33. The van der Waals surface area contributed by atoms with Gasteiger partial charge in [-0.05, 0) is 18.9 Å². The molecule has 15 heavy (non-hydrogen) atoms. The van der Waals surface area contributed by atoms with Gasteiger partial charge in [0.2, 0.25) is 0 Å². The molecule has 0 saturated heterocycles. The number of hydrogen-bond acceptors (Lipinski definition) is 2. The number of ether oxygens (including phenoxy) is 1. The van der Waals surface area contributed by atoms with Crippen LogP contribution in [0.2, 0.25) is 0 Å². The molecule has 0 aromatic heterocycles. The maximum atomic E-state index is 9.79. The van der Waals surface area contributed by atoms with Gasteiger partial charge < -0.3 is 9.84 Å². The molecule has 1 aromatic rings. The van der Waals surface area contributed by atoms with Crippen LogP contribution in [0.15, 0.2) is 24.3 Å². The predicted molar refractivity (Wildman–Crippen MR) is 61.9 cm³/mol. The van der Waals surface area contributed by atoms with Gasteiger partial charge in [0.1, 0.15) is 6.10 Å². The van der Waals surface area contributed by atoms with Crippen molar-refractivity contribution in [3.05, 3.63) is 35.4 Å². The fraction of sp³-hybridized carbons (Fsp3) is 0.538. The average molecular weight is 208 g/mol. The molecule has 84 valence electrons. The van der Waals surface area contributed by atoms with Crippen LogP contribution in [0.25, 0.3) is 0 Å². The van der Waals surface area contributed by atoms with Crippen LogP contribution in [-0.4, -0.2) is 18.3 Å². The predicted octanol–water partition coefficient (Wildman–Crippen LogP) is 2.85. The van der Waals surface area contributed by atoms with Crippen molar-refractivity contribution in [3.63, 3.8) is 0 Å². The zero-order valence-electron chi connectivity index (χ0n) is 9.57. The third-order valence-electron chi connectivity index (χ3n) is 2.38. The van der Waals surface area contributed by atoms with Gasteiger partial charge >= 0.3 is 0 Å². The van der Waals surface area contributed by atoms with E-state index in [0.717, 1.165) is 25.0 Å². The van der Waals surface area contributed by atoms with Crippen LogP contribution in [0.5, 0.6) is 0 Å². The van der Waals surface area contributed by atoms with Crippen LogP contribution in [0.3, 0.4) is 0 Å². The molecule has 0 bridgehead atoms. The Kier molecular flexibility index (Phi) is 5.37. The number of aliphatic hydroxyl groups is 1. The van der Waals surface area contributed by atoms with Gasteiger partial charge in [-0.3, -0.25) is 0 Å². The van der Waals surface area contributed by atoms with Crippen molar-refractivity contribution < 1.29 is 9.84 Å². The minimum atomic E-state index is -0.498. The number of rotatable bonds is 6. The Morgan fingerprint density at radius 1 is 1.27 bits per heavy atom. The molecule has 2 heteroatoms. The quantitative estimate of drug-likeness (QED) is 0.728. The van der Waals surface area contributed by atoms with Crippen molar-refractivity contribution in [2.45, 2.75) is 32.8 Å². The molecule has 1 aromatic carbocycles. The van der Waals surface area contributed by atoms with E-state index in [1.165, 1.54) is 5.56 Å². The molecule has 1 N–H and O–H groups in total. The minimum Gasteiger partial charge on any atom is -0.386 e. The fourth-order valence-corrected chi connectivity index (χ4v) is 1.33.